The molecule has 0 atom stereocenters. The third-order valence-electron chi connectivity index (χ3n) is 2.82. The van der Waals surface area contributed by atoms with Crippen molar-refractivity contribution in [2.45, 2.75) is 26.2 Å². The number of nitriles is 1. The fourth-order valence-electron chi connectivity index (χ4n) is 1.89. The number of hydrogen-bond donors (Lipinski definition) is 1. The molecule has 2 rings (SSSR count). The first-order valence-electron chi connectivity index (χ1n) is 5.95. The molecule has 19 heavy (non-hydrogen) atoms. The fourth-order valence-corrected chi connectivity index (χ4v) is 3.42. The van der Waals surface area contributed by atoms with Crippen molar-refractivity contribution in [1.29, 1.82) is 5.26 Å². The van der Waals surface area contributed by atoms with Gasteiger partial charge in [0.15, 0.2) is 5.13 Å². The molecule has 0 unspecified atom stereocenters. The van der Waals surface area contributed by atoms with E-state index in [1.54, 1.807) is 0 Å². The Labute approximate surface area is 125 Å². The van der Waals surface area contributed by atoms with E-state index >= 15 is 0 Å². The standard InChI is InChI=1S/C14H14BrN3S/c1-8(2)13-12(19-14(17)18-13)6-10-4-3-9(7-16)5-11(10)15/h3-5,8H,6H2,1-2H3,(H2,17,18). The predicted octanol–water partition coefficient (Wildman–Crippen LogP) is 4.07. The predicted molar refractivity (Wildman–Crippen MR) is 82.3 cm³/mol. The highest BCUT2D eigenvalue weighted by Crippen LogP contribution is 2.30. The summed E-state index contributed by atoms with van der Waals surface area (Å²) in [7, 11) is 0. The number of nitrogens with zero attached hydrogens (tertiary/aromatic N) is 2. The highest BCUT2D eigenvalue weighted by atomic mass is 79.9. The molecule has 0 aliphatic carbocycles. The fraction of sp³-hybridized carbons (Fsp3) is 0.286. The van der Waals surface area contributed by atoms with E-state index in [-0.39, 0.29) is 0 Å². The zero-order chi connectivity index (χ0) is 14.0. The molecule has 2 aromatic rings. The van der Waals surface area contributed by atoms with Crippen molar-refractivity contribution >= 4 is 32.4 Å². The van der Waals surface area contributed by atoms with Gasteiger partial charge in [0, 0.05) is 15.8 Å². The molecule has 0 aliphatic rings. The van der Waals surface area contributed by atoms with Crippen molar-refractivity contribution in [3.63, 3.8) is 0 Å². The average molecular weight is 336 g/mol. The Morgan fingerprint density at radius 1 is 1.47 bits per heavy atom. The Morgan fingerprint density at radius 2 is 2.21 bits per heavy atom. The molecule has 0 aliphatic heterocycles. The van der Waals surface area contributed by atoms with Gasteiger partial charge in [0.1, 0.15) is 0 Å². The molecule has 1 heterocycles. The second-order valence-corrected chi connectivity index (χ2v) is 6.58. The molecule has 0 bridgehead atoms. The maximum absolute atomic E-state index is 8.87. The molecular formula is C14H14BrN3S. The topological polar surface area (TPSA) is 62.7 Å². The molecule has 0 saturated carbocycles. The van der Waals surface area contributed by atoms with Gasteiger partial charge in [0.05, 0.1) is 17.3 Å². The summed E-state index contributed by atoms with van der Waals surface area (Å²) in [5, 5.41) is 9.48. The lowest BCUT2D eigenvalue weighted by molar-refractivity contribution is 0.820. The van der Waals surface area contributed by atoms with Crippen LogP contribution in [0.3, 0.4) is 0 Å². The van der Waals surface area contributed by atoms with E-state index in [0.29, 0.717) is 16.6 Å². The Bertz CT molecular complexity index is 641. The lowest BCUT2D eigenvalue weighted by Gasteiger charge is -2.07. The third kappa shape index (κ3) is 3.14. The lowest BCUT2D eigenvalue weighted by atomic mass is 10.0. The lowest BCUT2D eigenvalue weighted by Crippen LogP contribution is -1.96. The minimum Gasteiger partial charge on any atom is -0.375 e. The normalized spacial score (nSPS) is 10.7. The van der Waals surface area contributed by atoms with Crippen molar-refractivity contribution < 1.29 is 0 Å². The molecule has 5 heteroatoms. The zero-order valence-electron chi connectivity index (χ0n) is 10.8. The maximum Gasteiger partial charge on any atom is 0.180 e. The van der Waals surface area contributed by atoms with E-state index in [4.69, 9.17) is 11.0 Å². The van der Waals surface area contributed by atoms with E-state index in [9.17, 15) is 0 Å². The number of anilines is 1. The quantitative estimate of drug-likeness (QED) is 0.919. The first kappa shape index (κ1) is 14.0. The van der Waals surface area contributed by atoms with Crippen LogP contribution in [-0.2, 0) is 6.42 Å². The van der Waals surface area contributed by atoms with Crippen molar-refractivity contribution in [3.05, 3.63) is 44.4 Å². The summed E-state index contributed by atoms with van der Waals surface area (Å²) >= 11 is 5.05. The summed E-state index contributed by atoms with van der Waals surface area (Å²) in [4.78, 5) is 5.59. The van der Waals surface area contributed by atoms with Gasteiger partial charge in [0.2, 0.25) is 0 Å². The van der Waals surface area contributed by atoms with Gasteiger partial charge in [-0.05, 0) is 23.6 Å². The van der Waals surface area contributed by atoms with E-state index in [1.807, 2.05) is 18.2 Å². The zero-order valence-corrected chi connectivity index (χ0v) is 13.2. The smallest absolute Gasteiger partial charge is 0.180 e. The van der Waals surface area contributed by atoms with Crippen molar-refractivity contribution in [2.75, 3.05) is 5.73 Å². The summed E-state index contributed by atoms with van der Waals surface area (Å²) < 4.78 is 0.952. The minimum atomic E-state index is 0.362. The van der Waals surface area contributed by atoms with Gasteiger partial charge in [0.25, 0.3) is 0 Å². The van der Waals surface area contributed by atoms with Crippen molar-refractivity contribution in [1.82, 2.24) is 4.98 Å². The number of thiazole rings is 1. The van der Waals surface area contributed by atoms with Crippen LogP contribution in [0.2, 0.25) is 0 Å². The Kier molecular flexibility index (Phi) is 4.23. The summed E-state index contributed by atoms with van der Waals surface area (Å²) in [6.07, 6.45) is 0.786. The van der Waals surface area contributed by atoms with Crippen LogP contribution >= 0.6 is 27.3 Å². The van der Waals surface area contributed by atoms with Crippen LogP contribution in [0.4, 0.5) is 5.13 Å². The van der Waals surface area contributed by atoms with E-state index in [1.165, 1.54) is 16.2 Å². The molecule has 98 valence electrons. The van der Waals surface area contributed by atoms with E-state index in [2.05, 4.69) is 40.8 Å². The number of halogens is 1. The van der Waals surface area contributed by atoms with Gasteiger partial charge in [-0.15, -0.1) is 11.3 Å². The molecule has 0 radical (unpaired) electrons. The van der Waals surface area contributed by atoms with Gasteiger partial charge in [-0.25, -0.2) is 4.98 Å². The molecule has 1 aromatic carbocycles. The summed E-state index contributed by atoms with van der Waals surface area (Å²) in [5.74, 6) is 0.362. The summed E-state index contributed by atoms with van der Waals surface area (Å²) in [5.41, 5.74) is 8.67. The molecule has 0 spiro atoms. The van der Waals surface area contributed by atoms with E-state index in [0.717, 1.165) is 22.2 Å². The molecule has 3 nitrogen and oxygen atoms in total. The van der Waals surface area contributed by atoms with Crippen LogP contribution < -0.4 is 5.73 Å². The highest BCUT2D eigenvalue weighted by Gasteiger charge is 2.14. The second kappa shape index (κ2) is 5.72. The third-order valence-corrected chi connectivity index (χ3v) is 4.46. The summed E-state index contributed by atoms with van der Waals surface area (Å²) in [6, 6.07) is 7.78. The Morgan fingerprint density at radius 3 is 2.79 bits per heavy atom. The number of hydrogen-bond acceptors (Lipinski definition) is 4. The van der Waals surface area contributed by atoms with Crippen LogP contribution in [0, 0.1) is 11.3 Å². The SMILES string of the molecule is CC(C)c1nc(N)sc1Cc1ccc(C#N)cc1Br. The first-order chi connectivity index (χ1) is 9.01. The number of nitrogens with two attached hydrogens (primary N) is 1. The van der Waals surface area contributed by atoms with Gasteiger partial charge in [-0.1, -0.05) is 35.8 Å². The Balaban J connectivity index is 2.34. The number of rotatable bonds is 3. The van der Waals surface area contributed by atoms with Crippen molar-refractivity contribution in [3.8, 4) is 6.07 Å². The minimum absolute atomic E-state index is 0.362. The average Bonchev–Trinajstić information content (AvgIpc) is 2.73. The highest BCUT2D eigenvalue weighted by molar-refractivity contribution is 9.10. The largest absolute Gasteiger partial charge is 0.375 e. The monoisotopic (exact) mass is 335 g/mol. The number of benzene rings is 1. The van der Waals surface area contributed by atoms with Crippen LogP contribution in [0.5, 0.6) is 0 Å². The van der Waals surface area contributed by atoms with Gasteiger partial charge < -0.3 is 5.73 Å². The molecule has 0 fully saturated rings. The molecule has 2 N–H and O–H groups in total. The van der Waals surface area contributed by atoms with Crippen LogP contribution in [0.15, 0.2) is 22.7 Å². The second-order valence-electron chi connectivity index (χ2n) is 4.61. The van der Waals surface area contributed by atoms with Crippen LogP contribution in [0.25, 0.3) is 0 Å². The van der Waals surface area contributed by atoms with Crippen LogP contribution in [-0.4, -0.2) is 4.98 Å². The van der Waals surface area contributed by atoms with Crippen LogP contribution in [0.1, 0.15) is 41.5 Å². The molecular weight excluding hydrogens is 322 g/mol. The number of nitrogen functional groups attached to an aromatic ring is 1. The maximum atomic E-state index is 8.87. The summed E-state index contributed by atoms with van der Waals surface area (Å²) in [6.45, 7) is 4.23. The molecule has 0 amide bonds. The Hall–Kier alpha value is -1.38. The van der Waals surface area contributed by atoms with Gasteiger partial charge in [-0.3, -0.25) is 0 Å². The van der Waals surface area contributed by atoms with E-state index < -0.39 is 0 Å². The van der Waals surface area contributed by atoms with Gasteiger partial charge >= 0.3 is 0 Å². The molecule has 0 saturated heterocycles. The van der Waals surface area contributed by atoms with Crippen molar-refractivity contribution in [2.24, 2.45) is 0 Å². The molecule has 1 aromatic heterocycles. The van der Waals surface area contributed by atoms with Gasteiger partial charge in [-0.2, -0.15) is 5.26 Å². The number of aromatic nitrogens is 1. The first-order valence-corrected chi connectivity index (χ1v) is 7.55.